The lowest BCUT2D eigenvalue weighted by Gasteiger charge is -2.16. The normalized spacial score (nSPS) is 13.0. The zero-order valence-corrected chi connectivity index (χ0v) is 21.7. The van der Waals surface area contributed by atoms with Crippen LogP contribution in [-0.2, 0) is 6.61 Å². The van der Waals surface area contributed by atoms with Gasteiger partial charge in [0.1, 0.15) is 12.4 Å². The molecule has 10 heteroatoms. The fourth-order valence-corrected chi connectivity index (χ4v) is 4.08. The number of rotatable bonds is 11. The highest BCUT2D eigenvalue weighted by Crippen LogP contribution is 2.29. The van der Waals surface area contributed by atoms with Crippen molar-refractivity contribution in [2.24, 2.45) is 5.10 Å². The molecule has 1 aliphatic rings. The summed E-state index contributed by atoms with van der Waals surface area (Å²) in [6.07, 6.45) is 3.88. The van der Waals surface area contributed by atoms with Crippen molar-refractivity contribution in [3.8, 4) is 11.5 Å². The van der Waals surface area contributed by atoms with Crippen molar-refractivity contribution in [2.75, 3.05) is 35.3 Å². The molecule has 0 unspecified atom stereocenters. The number of halogens is 1. The molecule has 9 nitrogen and oxygen atoms in total. The van der Waals surface area contributed by atoms with Crippen LogP contribution in [0.1, 0.15) is 30.9 Å². The summed E-state index contributed by atoms with van der Waals surface area (Å²) in [5, 5.41) is 7.60. The Labute approximate surface area is 226 Å². The van der Waals surface area contributed by atoms with Gasteiger partial charge in [0.25, 0.3) is 0 Å². The average Bonchev–Trinajstić information content (AvgIpc) is 3.50. The number of benzene rings is 3. The second-order valence-corrected chi connectivity index (χ2v) is 8.89. The number of ether oxygens (including phenoxy) is 2. The maximum absolute atomic E-state index is 13.2. The molecule has 0 atom stereocenters. The van der Waals surface area contributed by atoms with E-state index in [0.29, 0.717) is 42.6 Å². The molecular weight excluding hydrogens is 497 g/mol. The molecule has 1 saturated heterocycles. The number of hydrogen-bond acceptors (Lipinski definition) is 9. The van der Waals surface area contributed by atoms with Crippen LogP contribution in [0.2, 0.25) is 0 Å². The Kier molecular flexibility index (Phi) is 8.42. The molecule has 4 aromatic rings. The van der Waals surface area contributed by atoms with Gasteiger partial charge in [-0.15, -0.1) is 0 Å². The van der Waals surface area contributed by atoms with E-state index >= 15 is 0 Å². The van der Waals surface area contributed by atoms with E-state index in [1.165, 1.54) is 12.1 Å². The van der Waals surface area contributed by atoms with Crippen LogP contribution in [0.4, 0.5) is 27.9 Å². The van der Waals surface area contributed by atoms with E-state index in [4.69, 9.17) is 9.47 Å². The van der Waals surface area contributed by atoms with Gasteiger partial charge in [-0.3, -0.25) is 0 Å². The van der Waals surface area contributed by atoms with E-state index in [1.54, 1.807) is 18.3 Å². The van der Waals surface area contributed by atoms with Crippen LogP contribution in [-0.4, -0.2) is 40.9 Å². The Hall–Kier alpha value is -4.73. The van der Waals surface area contributed by atoms with Crippen molar-refractivity contribution in [1.29, 1.82) is 0 Å². The number of nitrogens with one attached hydrogen (secondary N) is 2. The molecule has 2 heterocycles. The third-order valence-electron chi connectivity index (χ3n) is 6.00. The Morgan fingerprint density at radius 3 is 2.44 bits per heavy atom. The smallest absolute Gasteiger partial charge is 0.250 e. The lowest BCUT2D eigenvalue weighted by Crippen LogP contribution is -2.21. The first-order chi connectivity index (χ1) is 19.2. The first-order valence-corrected chi connectivity index (χ1v) is 12.9. The number of para-hydroxylation sites is 1. The lowest BCUT2D eigenvalue weighted by atomic mass is 10.2. The Bertz CT molecular complexity index is 1390. The van der Waals surface area contributed by atoms with E-state index in [2.05, 4.69) is 35.7 Å². The number of hydrogen-bond donors (Lipinski definition) is 2. The molecule has 0 radical (unpaired) electrons. The summed E-state index contributed by atoms with van der Waals surface area (Å²) >= 11 is 0. The highest BCUT2D eigenvalue weighted by atomic mass is 19.1. The van der Waals surface area contributed by atoms with Gasteiger partial charge in [-0.2, -0.15) is 20.1 Å². The predicted molar refractivity (Wildman–Crippen MR) is 151 cm³/mol. The molecular formula is C29H30FN7O2. The molecule has 3 aromatic carbocycles. The van der Waals surface area contributed by atoms with Crippen LogP contribution < -0.4 is 25.1 Å². The first kappa shape index (κ1) is 25.9. The van der Waals surface area contributed by atoms with Crippen LogP contribution in [0.15, 0.2) is 77.9 Å². The summed E-state index contributed by atoms with van der Waals surface area (Å²) in [6.45, 7) is 4.51. The van der Waals surface area contributed by atoms with Crippen LogP contribution in [0.25, 0.3) is 0 Å². The van der Waals surface area contributed by atoms with Crippen molar-refractivity contribution in [3.63, 3.8) is 0 Å². The summed E-state index contributed by atoms with van der Waals surface area (Å²) in [6, 6.07) is 21.5. The SMILES string of the molecule is CCOc1cc(/C=N\Nc2nc(Nc3ccccc3)nc(N3CCCC3)n2)ccc1OCc1ccc(F)cc1. The number of nitrogens with zero attached hydrogens (tertiary/aromatic N) is 5. The van der Waals surface area contributed by atoms with Gasteiger partial charge in [-0.25, -0.2) is 9.82 Å². The van der Waals surface area contributed by atoms with Gasteiger partial charge in [-0.05, 0) is 73.4 Å². The highest BCUT2D eigenvalue weighted by molar-refractivity contribution is 5.81. The van der Waals surface area contributed by atoms with Crippen LogP contribution in [0.5, 0.6) is 11.5 Å². The predicted octanol–water partition coefficient (Wildman–Crippen LogP) is 5.78. The molecule has 0 saturated carbocycles. The molecule has 39 heavy (non-hydrogen) atoms. The van der Waals surface area contributed by atoms with E-state index in [-0.39, 0.29) is 5.82 Å². The molecule has 0 spiro atoms. The maximum Gasteiger partial charge on any atom is 0.250 e. The summed E-state index contributed by atoms with van der Waals surface area (Å²) < 4.78 is 24.9. The summed E-state index contributed by atoms with van der Waals surface area (Å²) in [5.74, 6) is 2.30. The summed E-state index contributed by atoms with van der Waals surface area (Å²) in [5.41, 5.74) is 5.49. The van der Waals surface area contributed by atoms with Gasteiger partial charge in [0.05, 0.1) is 12.8 Å². The minimum atomic E-state index is -0.279. The molecule has 1 fully saturated rings. The van der Waals surface area contributed by atoms with Crippen molar-refractivity contribution in [2.45, 2.75) is 26.4 Å². The van der Waals surface area contributed by atoms with Crippen LogP contribution in [0.3, 0.4) is 0 Å². The molecule has 0 amide bonds. The average molecular weight is 528 g/mol. The van der Waals surface area contributed by atoms with Crippen molar-refractivity contribution in [1.82, 2.24) is 15.0 Å². The van der Waals surface area contributed by atoms with Gasteiger partial charge >= 0.3 is 0 Å². The van der Waals surface area contributed by atoms with Gasteiger partial charge in [-0.1, -0.05) is 30.3 Å². The third-order valence-corrected chi connectivity index (χ3v) is 6.00. The van der Waals surface area contributed by atoms with Gasteiger partial charge < -0.3 is 19.7 Å². The van der Waals surface area contributed by atoms with E-state index in [1.807, 2.05) is 55.5 Å². The fourth-order valence-electron chi connectivity index (χ4n) is 4.08. The topological polar surface area (TPSA) is 96.8 Å². The fraction of sp³-hybridized carbons (Fsp3) is 0.241. The van der Waals surface area contributed by atoms with E-state index < -0.39 is 0 Å². The highest BCUT2D eigenvalue weighted by Gasteiger charge is 2.17. The third kappa shape index (κ3) is 7.19. The minimum Gasteiger partial charge on any atom is -0.490 e. The molecule has 200 valence electrons. The summed E-state index contributed by atoms with van der Waals surface area (Å²) in [7, 11) is 0. The standard InChI is InChI=1S/C29H30FN7O2/c1-2-38-26-18-22(12-15-25(26)39-20-21-10-13-23(30)14-11-21)19-31-36-28-33-27(32-24-8-4-3-5-9-24)34-29(35-28)37-16-6-7-17-37/h3-5,8-15,18-19H,2,6-7,16-17,20H2,1H3,(H2,32,33,34,35,36)/b31-19-. The summed E-state index contributed by atoms with van der Waals surface area (Å²) in [4.78, 5) is 15.8. The lowest BCUT2D eigenvalue weighted by molar-refractivity contribution is 0.269. The molecule has 2 N–H and O–H groups in total. The van der Waals surface area contributed by atoms with Crippen molar-refractivity contribution >= 4 is 29.7 Å². The van der Waals surface area contributed by atoms with Gasteiger partial charge in [0, 0.05) is 18.8 Å². The van der Waals surface area contributed by atoms with E-state index in [9.17, 15) is 4.39 Å². The maximum atomic E-state index is 13.2. The number of hydrazone groups is 1. The molecule has 0 aliphatic carbocycles. The first-order valence-electron chi connectivity index (χ1n) is 12.9. The van der Waals surface area contributed by atoms with Gasteiger partial charge in [0.2, 0.25) is 17.8 Å². The Morgan fingerprint density at radius 2 is 1.67 bits per heavy atom. The second kappa shape index (κ2) is 12.7. The molecule has 0 bridgehead atoms. The largest absolute Gasteiger partial charge is 0.490 e. The zero-order chi connectivity index (χ0) is 26.9. The van der Waals surface area contributed by atoms with Crippen molar-refractivity contribution < 1.29 is 13.9 Å². The van der Waals surface area contributed by atoms with E-state index in [0.717, 1.165) is 42.7 Å². The quantitative estimate of drug-likeness (QED) is 0.187. The monoisotopic (exact) mass is 527 g/mol. The molecule has 5 rings (SSSR count). The molecule has 1 aromatic heterocycles. The Balaban J connectivity index is 1.29. The van der Waals surface area contributed by atoms with Crippen molar-refractivity contribution in [3.05, 3.63) is 89.7 Å². The minimum absolute atomic E-state index is 0.279. The van der Waals surface area contributed by atoms with Gasteiger partial charge in [0.15, 0.2) is 11.5 Å². The second-order valence-electron chi connectivity index (χ2n) is 8.89. The molecule has 1 aliphatic heterocycles. The van der Waals surface area contributed by atoms with Crippen LogP contribution >= 0.6 is 0 Å². The van der Waals surface area contributed by atoms with Crippen LogP contribution in [0, 0.1) is 5.82 Å². The number of aromatic nitrogens is 3. The number of anilines is 4. The zero-order valence-electron chi connectivity index (χ0n) is 21.7. The Morgan fingerprint density at radius 1 is 0.897 bits per heavy atom.